The molecule has 11 heteroatoms. The van der Waals surface area contributed by atoms with Crippen LogP contribution < -0.4 is 5.32 Å². The van der Waals surface area contributed by atoms with Crippen LogP contribution in [0.4, 0.5) is 0 Å². The molecule has 87 heavy (non-hydrogen) atoms. The molecule has 1 aliphatic rings. The fourth-order valence-corrected chi connectivity index (χ4v) is 10.3. The van der Waals surface area contributed by atoms with Crippen molar-refractivity contribution in [1.82, 2.24) is 5.32 Å². The minimum absolute atomic E-state index is 0.108. The highest BCUT2D eigenvalue weighted by Crippen LogP contribution is 2.26. The van der Waals surface area contributed by atoms with Gasteiger partial charge in [-0.25, -0.2) is 0 Å². The normalized spacial score (nSPS) is 19.0. The lowest BCUT2D eigenvalue weighted by Crippen LogP contribution is -2.61. The molecular formula is C76H129NO10. The van der Waals surface area contributed by atoms with E-state index in [0.29, 0.717) is 12.8 Å². The van der Waals surface area contributed by atoms with Crippen molar-refractivity contribution >= 4 is 11.9 Å². The zero-order chi connectivity index (χ0) is 63.1. The van der Waals surface area contributed by atoms with Gasteiger partial charge in [0.05, 0.1) is 25.4 Å². The summed E-state index contributed by atoms with van der Waals surface area (Å²) in [5, 5.41) is 57.2. The van der Waals surface area contributed by atoms with Gasteiger partial charge in [-0.15, -0.1) is 0 Å². The molecule has 1 amide bonds. The van der Waals surface area contributed by atoms with E-state index in [1.165, 1.54) is 103 Å². The second kappa shape index (κ2) is 62.3. The van der Waals surface area contributed by atoms with Crippen molar-refractivity contribution in [3.05, 3.63) is 122 Å². The molecule has 1 heterocycles. The molecule has 1 aliphatic heterocycles. The molecule has 0 radical (unpaired) electrons. The Balaban J connectivity index is 2.63. The first kappa shape index (κ1) is 81.1. The van der Waals surface area contributed by atoms with E-state index in [2.05, 4.69) is 135 Å². The predicted octanol–water partition coefficient (Wildman–Crippen LogP) is 18.2. The van der Waals surface area contributed by atoms with E-state index in [4.69, 9.17) is 14.2 Å². The molecule has 0 bridgehead atoms. The van der Waals surface area contributed by atoms with Crippen LogP contribution >= 0.6 is 0 Å². The number of unbranched alkanes of at least 4 members (excludes halogenated alkanes) is 27. The largest absolute Gasteiger partial charge is 0.454 e. The van der Waals surface area contributed by atoms with E-state index in [9.17, 15) is 35.1 Å². The molecule has 8 unspecified atom stereocenters. The van der Waals surface area contributed by atoms with Crippen molar-refractivity contribution in [2.75, 3.05) is 13.2 Å². The Hall–Kier alpha value is -3.94. The third-order valence-electron chi connectivity index (χ3n) is 15.8. The van der Waals surface area contributed by atoms with Gasteiger partial charge < -0.3 is 45.1 Å². The fourth-order valence-electron chi connectivity index (χ4n) is 10.3. The fraction of sp³-hybridized carbons (Fsp3) is 0.711. The molecule has 8 atom stereocenters. The molecule has 0 aliphatic carbocycles. The average Bonchev–Trinajstić information content (AvgIpc) is 1.52. The molecule has 0 saturated carbocycles. The Morgan fingerprint density at radius 3 is 1.26 bits per heavy atom. The first-order chi connectivity index (χ1) is 42.7. The molecule has 1 rings (SSSR count). The number of hydrogen-bond acceptors (Lipinski definition) is 10. The van der Waals surface area contributed by atoms with Crippen molar-refractivity contribution in [2.45, 2.75) is 333 Å². The van der Waals surface area contributed by atoms with Crippen LogP contribution in [0.1, 0.15) is 284 Å². The van der Waals surface area contributed by atoms with Crippen molar-refractivity contribution < 1.29 is 49.3 Å². The Labute approximate surface area is 531 Å². The third kappa shape index (κ3) is 49.5. The molecule has 0 aromatic heterocycles. The summed E-state index contributed by atoms with van der Waals surface area (Å²) >= 11 is 0. The summed E-state index contributed by atoms with van der Waals surface area (Å²) in [5.41, 5.74) is 0. The summed E-state index contributed by atoms with van der Waals surface area (Å²) < 4.78 is 17.7. The van der Waals surface area contributed by atoms with Gasteiger partial charge in [0, 0.05) is 6.42 Å². The van der Waals surface area contributed by atoms with Crippen LogP contribution in [-0.2, 0) is 23.8 Å². The van der Waals surface area contributed by atoms with Gasteiger partial charge in [-0.2, -0.15) is 0 Å². The number of hydrogen-bond donors (Lipinski definition) is 6. The maximum atomic E-state index is 13.5. The second-order valence-corrected chi connectivity index (χ2v) is 23.9. The monoisotopic (exact) mass is 1220 g/mol. The van der Waals surface area contributed by atoms with Gasteiger partial charge in [0.2, 0.25) is 5.91 Å². The first-order valence-corrected chi connectivity index (χ1v) is 35.3. The molecule has 498 valence electrons. The van der Waals surface area contributed by atoms with Gasteiger partial charge in [-0.1, -0.05) is 284 Å². The lowest BCUT2D eigenvalue weighted by atomic mass is 9.99. The summed E-state index contributed by atoms with van der Waals surface area (Å²) in [7, 11) is 0. The van der Waals surface area contributed by atoms with E-state index in [1.54, 1.807) is 6.08 Å². The molecule has 11 nitrogen and oxygen atoms in total. The van der Waals surface area contributed by atoms with Crippen LogP contribution in [0.15, 0.2) is 122 Å². The van der Waals surface area contributed by atoms with Gasteiger partial charge in [0.15, 0.2) is 12.4 Å². The van der Waals surface area contributed by atoms with Crippen molar-refractivity contribution in [3.63, 3.8) is 0 Å². The maximum absolute atomic E-state index is 13.5. The summed E-state index contributed by atoms with van der Waals surface area (Å²) in [6.07, 6.45) is 76.5. The summed E-state index contributed by atoms with van der Waals surface area (Å²) in [6.45, 7) is 5.65. The molecule has 1 saturated heterocycles. The molecule has 6 N–H and O–H groups in total. The van der Waals surface area contributed by atoms with E-state index >= 15 is 0 Å². The average molecular weight is 1220 g/mol. The number of carbonyl (C=O) groups excluding carboxylic acids is 2. The zero-order valence-corrected chi connectivity index (χ0v) is 55.3. The topological polar surface area (TPSA) is 175 Å². The molecular weight excluding hydrogens is 1090 g/mol. The predicted molar refractivity (Wildman–Crippen MR) is 365 cm³/mol. The molecule has 0 aromatic carbocycles. The lowest BCUT2D eigenvalue weighted by Gasteiger charge is -2.41. The van der Waals surface area contributed by atoms with Crippen LogP contribution in [-0.4, -0.2) is 99.6 Å². The number of rotatable bonds is 59. The summed E-state index contributed by atoms with van der Waals surface area (Å²) in [4.78, 5) is 26.7. The van der Waals surface area contributed by atoms with E-state index < -0.39 is 67.4 Å². The smallest absolute Gasteiger partial charge is 0.306 e. The number of amides is 1. The minimum Gasteiger partial charge on any atom is -0.454 e. The van der Waals surface area contributed by atoms with Gasteiger partial charge >= 0.3 is 5.97 Å². The van der Waals surface area contributed by atoms with E-state index in [0.717, 1.165) is 135 Å². The Morgan fingerprint density at radius 2 is 0.828 bits per heavy atom. The van der Waals surface area contributed by atoms with Crippen LogP contribution in [0.5, 0.6) is 0 Å². The second-order valence-electron chi connectivity index (χ2n) is 23.9. The quantitative estimate of drug-likeness (QED) is 0.0195. The minimum atomic E-state index is -1.63. The standard InChI is InChI=1S/C76H129NO10/c1-4-7-10-13-16-19-22-25-27-29-31-33-34-35-36-37-39-41-43-46-49-52-55-58-61-64-71(81)87-74-73(83)72(82)70(65-78)86-76(74)85-66-67(68(79)62-59-56-53-50-47-44-24-21-18-15-12-9-6-3)77-75(84)69(80)63-60-57-54-51-48-45-42-40-38-32-30-28-26-23-20-17-14-11-8-5-2/h8,11,16-17,19-20,25-28,31-33,35-36,38,42,45,59,62,67-70,72-74,76,78-80,82-83H,4-7,9-10,12-15,18,21-24,29-30,34,37,39-41,43-44,46-58,60-61,63-66H2,1-3H3,(H,77,84)/b11-8-,19-16-,20-17-,27-25-,28-26-,33-31-,36-35-,38-32-,45-42-,62-59+. The highest BCUT2D eigenvalue weighted by molar-refractivity contribution is 5.80. The number of ether oxygens (including phenoxy) is 3. The zero-order valence-electron chi connectivity index (χ0n) is 55.3. The lowest BCUT2D eigenvalue weighted by molar-refractivity contribution is -0.305. The summed E-state index contributed by atoms with van der Waals surface area (Å²) in [5.74, 6) is -1.22. The third-order valence-corrected chi connectivity index (χ3v) is 15.8. The number of allylic oxidation sites excluding steroid dienone is 19. The van der Waals surface area contributed by atoms with E-state index in [1.807, 2.05) is 6.08 Å². The Morgan fingerprint density at radius 1 is 0.460 bits per heavy atom. The SMILES string of the molecule is CC/C=C\C/C=C\C/C=C\C/C=C\C/C=C\CCCCCCC(O)C(=O)NC(COC1OC(CO)C(O)C(O)C1OC(=O)CCCCCCCCCCC/C=C\C/C=C\C/C=C\C/C=C\CCCCC)C(O)/C=C/CCCCCCCCCCCCC. The van der Waals surface area contributed by atoms with Gasteiger partial charge in [0.25, 0.3) is 0 Å². The highest BCUT2D eigenvalue weighted by Gasteiger charge is 2.47. The van der Waals surface area contributed by atoms with Crippen molar-refractivity contribution in [3.8, 4) is 0 Å². The number of nitrogens with one attached hydrogen (secondary N) is 1. The van der Waals surface area contributed by atoms with Crippen LogP contribution in [0, 0.1) is 0 Å². The van der Waals surface area contributed by atoms with Crippen LogP contribution in [0.25, 0.3) is 0 Å². The molecule has 0 aromatic rings. The first-order valence-electron chi connectivity index (χ1n) is 35.3. The Bertz CT molecular complexity index is 1880. The number of carbonyl (C=O) groups is 2. The Kier molecular flexibility index (Phi) is 58.0. The van der Waals surface area contributed by atoms with Gasteiger partial charge in [-0.05, 0) is 116 Å². The molecule has 1 fully saturated rings. The van der Waals surface area contributed by atoms with Gasteiger partial charge in [-0.3, -0.25) is 9.59 Å². The van der Waals surface area contributed by atoms with Crippen molar-refractivity contribution in [2.24, 2.45) is 0 Å². The number of esters is 1. The maximum Gasteiger partial charge on any atom is 0.306 e. The van der Waals surface area contributed by atoms with Crippen LogP contribution in [0.3, 0.4) is 0 Å². The highest BCUT2D eigenvalue weighted by atomic mass is 16.7. The number of aliphatic hydroxyl groups excluding tert-OH is 5. The number of aliphatic hydroxyl groups is 5. The van der Waals surface area contributed by atoms with E-state index in [-0.39, 0.29) is 19.4 Å². The molecule has 0 spiro atoms. The van der Waals surface area contributed by atoms with Crippen LogP contribution in [0.2, 0.25) is 0 Å². The van der Waals surface area contributed by atoms with Gasteiger partial charge in [0.1, 0.15) is 24.4 Å². The van der Waals surface area contributed by atoms with Crippen molar-refractivity contribution in [1.29, 1.82) is 0 Å². The summed E-state index contributed by atoms with van der Waals surface area (Å²) in [6, 6.07) is -1.04.